The zero-order chi connectivity index (χ0) is 11.5. The number of hydrogen-bond acceptors (Lipinski definition) is 5. The Labute approximate surface area is 96.2 Å². The van der Waals surface area contributed by atoms with E-state index < -0.39 is 0 Å². The van der Waals surface area contributed by atoms with E-state index in [-0.39, 0.29) is 0 Å². The van der Waals surface area contributed by atoms with Crippen LogP contribution in [-0.4, -0.2) is 40.7 Å². The molecule has 1 aromatic heterocycles. The maximum atomic E-state index is 5.17. The summed E-state index contributed by atoms with van der Waals surface area (Å²) in [6.45, 7) is 10.3. The quantitative estimate of drug-likeness (QED) is 0.823. The van der Waals surface area contributed by atoms with E-state index >= 15 is 0 Å². The Hall–Kier alpha value is -0.940. The van der Waals surface area contributed by atoms with Crippen LogP contribution in [0.3, 0.4) is 0 Å². The van der Waals surface area contributed by atoms with Crippen molar-refractivity contribution in [3.8, 4) is 0 Å². The highest BCUT2D eigenvalue weighted by molar-refractivity contribution is 4.88. The predicted octanol–water partition coefficient (Wildman–Crippen LogP) is 0.808. The fourth-order valence-electron chi connectivity index (χ4n) is 2.20. The number of nitrogens with zero attached hydrogens (tertiary/aromatic N) is 3. The van der Waals surface area contributed by atoms with Gasteiger partial charge in [0.1, 0.15) is 0 Å². The van der Waals surface area contributed by atoms with Crippen LogP contribution in [0.4, 0.5) is 0 Å². The van der Waals surface area contributed by atoms with Crippen molar-refractivity contribution in [3.63, 3.8) is 0 Å². The topological polar surface area (TPSA) is 54.2 Å². The fraction of sp³-hybridized carbons (Fsp3) is 0.818. The molecule has 1 aliphatic heterocycles. The summed E-state index contributed by atoms with van der Waals surface area (Å²) in [4.78, 5) is 6.68. The molecule has 1 unspecified atom stereocenters. The summed E-state index contributed by atoms with van der Waals surface area (Å²) in [5.41, 5.74) is 0. The molecule has 0 bridgehead atoms. The van der Waals surface area contributed by atoms with E-state index in [4.69, 9.17) is 4.52 Å². The van der Waals surface area contributed by atoms with Crippen LogP contribution in [0, 0.1) is 12.8 Å². The lowest BCUT2D eigenvalue weighted by atomic mass is 10.0. The molecule has 1 aromatic rings. The summed E-state index contributed by atoms with van der Waals surface area (Å²) < 4.78 is 5.17. The number of aromatic nitrogens is 2. The SMILES string of the molecule is Cc1noc(CN2CCNCC2C(C)C)n1. The Morgan fingerprint density at radius 1 is 1.56 bits per heavy atom. The number of aryl methyl sites for hydroxylation is 1. The Morgan fingerprint density at radius 2 is 2.38 bits per heavy atom. The molecule has 0 saturated carbocycles. The van der Waals surface area contributed by atoms with E-state index in [2.05, 4.69) is 34.2 Å². The van der Waals surface area contributed by atoms with Crippen LogP contribution < -0.4 is 5.32 Å². The van der Waals surface area contributed by atoms with Crippen molar-refractivity contribution in [2.24, 2.45) is 5.92 Å². The smallest absolute Gasteiger partial charge is 0.240 e. The van der Waals surface area contributed by atoms with Crippen molar-refractivity contribution in [2.75, 3.05) is 19.6 Å². The minimum atomic E-state index is 0.556. The van der Waals surface area contributed by atoms with Gasteiger partial charge >= 0.3 is 0 Å². The Bertz CT molecular complexity index is 336. The van der Waals surface area contributed by atoms with Gasteiger partial charge in [-0.25, -0.2) is 0 Å². The second-order valence-electron chi connectivity index (χ2n) is 4.72. The predicted molar refractivity (Wildman–Crippen MR) is 60.9 cm³/mol. The van der Waals surface area contributed by atoms with Gasteiger partial charge in [0.05, 0.1) is 6.54 Å². The first-order chi connectivity index (χ1) is 7.66. The molecule has 16 heavy (non-hydrogen) atoms. The average Bonchev–Trinajstić information content (AvgIpc) is 2.64. The Morgan fingerprint density at radius 3 is 3.00 bits per heavy atom. The average molecular weight is 224 g/mol. The zero-order valence-corrected chi connectivity index (χ0v) is 10.2. The summed E-state index contributed by atoms with van der Waals surface area (Å²) in [6.07, 6.45) is 0. The van der Waals surface area contributed by atoms with Crippen molar-refractivity contribution in [1.29, 1.82) is 0 Å². The molecule has 2 rings (SSSR count). The minimum absolute atomic E-state index is 0.556. The molecule has 0 spiro atoms. The van der Waals surface area contributed by atoms with Gasteiger partial charge in [-0.15, -0.1) is 0 Å². The molecule has 1 N–H and O–H groups in total. The third-order valence-corrected chi connectivity index (χ3v) is 3.08. The summed E-state index contributed by atoms with van der Waals surface area (Å²) in [7, 11) is 0. The molecule has 1 fully saturated rings. The van der Waals surface area contributed by atoms with Crippen molar-refractivity contribution < 1.29 is 4.52 Å². The van der Waals surface area contributed by atoms with Gasteiger partial charge < -0.3 is 9.84 Å². The molecule has 0 radical (unpaired) electrons. The highest BCUT2D eigenvalue weighted by Gasteiger charge is 2.26. The van der Waals surface area contributed by atoms with Crippen molar-refractivity contribution in [1.82, 2.24) is 20.4 Å². The fourth-order valence-corrected chi connectivity index (χ4v) is 2.20. The van der Waals surface area contributed by atoms with Crippen LogP contribution in [-0.2, 0) is 6.54 Å². The van der Waals surface area contributed by atoms with E-state index in [1.54, 1.807) is 0 Å². The van der Waals surface area contributed by atoms with Gasteiger partial charge in [0.15, 0.2) is 5.82 Å². The van der Waals surface area contributed by atoms with Crippen molar-refractivity contribution in [2.45, 2.75) is 33.4 Å². The van der Waals surface area contributed by atoms with Gasteiger partial charge in [-0.1, -0.05) is 19.0 Å². The third kappa shape index (κ3) is 2.59. The van der Waals surface area contributed by atoms with Gasteiger partial charge in [0, 0.05) is 25.7 Å². The molecular weight excluding hydrogens is 204 g/mol. The maximum absolute atomic E-state index is 5.17. The molecule has 5 nitrogen and oxygen atoms in total. The number of hydrogen-bond donors (Lipinski definition) is 1. The molecule has 5 heteroatoms. The molecule has 0 amide bonds. The summed E-state index contributed by atoms with van der Waals surface area (Å²) >= 11 is 0. The summed E-state index contributed by atoms with van der Waals surface area (Å²) in [5, 5.41) is 7.25. The van der Waals surface area contributed by atoms with E-state index in [0.717, 1.165) is 32.1 Å². The van der Waals surface area contributed by atoms with Crippen LogP contribution in [0.1, 0.15) is 25.6 Å². The van der Waals surface area contributed by atoms with Crippen LogP contribution in [0.15, 0.2) is 4.52 Å². The van der Waals surface area contributed by atoms with Gasteiger partial charge in [-0.3, -0.25) is 4.90 Å². The first kappa shape index (κ1) is 11.5. The zero-order valence-electron chi connectivity index (χ0n) is 10.2. The Kier molecular flexibility index (Phi) is 3.56. The summed E-state index contributed by atoms with van der Waals surface area (Å²) in [5.74, 6) is 2.08. The van der Waals surface area contributed by atoms with Gasteiger partial charge in [0.25, 0.3) is 0 Å². The lowest BCUT2D eigenvalue weighted by molar-refractivity contribution is 0.104. The lowest BCUT2D eigenvalue weighted by Gasteiger charge is -2.37. The third-order valence-electron chi connectivity index (χ3n) is 3.08. The normalized spacial score (nSPS) is 22.9. The molecule has 0 aromatic carbocycles. The summed E-state index contributed by atoms with van der Waals surface area (Å²) in [6, 6.07) is 0.556. The van der Waals surface area contributed by atoms with E-state index in [0.29, 0.717) is 17.8 Å². The molecule has 1 saturated heterocycles. The molecule has 0 aliphatic carbocycles. The van der Waals surface area contributed by atoms with Crippen LogP contribution >= 0.6 is 0 Å². The molecule has 2 heterocycles. The first-order valence-electron chi connectivity index (χ1n) is 5.91. The van der Waals surface area contributed by atoms with Crippen molar-refractivity contribution in [3.05, 3.63) is 11.7 Å². The molecule has 90 valence electrons. The minimum Gasteiger partial charge on any atom is -0.338 e. The standard InChI is InChI=1S/C11H20N4O/c1-8(2)10-6-12-4-5-15(10)7-11-13-9(3)14-16-11/h8,10,12H,4-7H2,1-3H3. The highest BCUT2D eigenvalue weighted by atomic mass is 16.5. The largest absolute Gasteiger partial charge is 0.338 e. The molecule has 1 atom stereocenters. The van der Waals surface area contributed by atoms with Gasteiger partial charge in [0.2, 0.25) is 5.89 Å². The van der Waals surface area contributed by atoms with E-state index in [1.165, 1.54) is 0 Å². The number of piperazine rings is 1. The van der Waals surface area contributed by atoms with Crippen LogP contribution in [0.2, 0.25) is 0 Å². The number of rotatable bonds is 3. The monoisotopic (exact) mass is 224 g/mol. The maximum Gasteiger partial charge on any atom is 0.240 e. The second-order valence-corrected chi connectivity index (χ2v) is 4.72. The first-order valence-corrected chi connectivity index (χ1v) is 5.91. The lowest BCUT2D eigenvalue weighted by Crippen LogP contribution is -2.53. The van der Waals surface area contributed by atoms with Gasteiger partial charge in [-0.2, -0.15) is 4.98 Å². The number of nitrogens with one attached hydrogen (secondary N) is 1. The Balaban J connectivity index is 2.01. The van der Waals surface area contributed by atoms with Crippen LogP contribution in [0.25, 0.3) is 0 Å². The van der Waals surface area contributed by atoms with Crippen LogP contribution in [0.5, 0.6) is 0 Å². The van der Waals surface area contributed by atoms with E-state index in [9.17, 15) is 0 Å². The van der Waals surface area contributed by atoms with E-state index in [1.807, 2.05) is 6.92 Å². The second kappa shape index (κ2) is 4.93. The van der Waals surface area contributed by atoms with Gasteiger partial charge in [-0.05, 0) is 12.8 Å². The van der Waals surface area contributed by atoms with Crippen molar-refractivity contribution >= 4 is 0 Å². The highest BCUT2D eigenvalue weighted by Crippen LogP contribution is 2.15. The molecule has 1 aliphatic rings. The molecular formula is C11H20N4O.